The van der Waals surface area contributed by atoms with Gasteiger partial charge in [-0.2, -0.15) is 0 Å². The van der Waals surface area contributed by atoms with Crippen LogP contribution in [0.4, 0.5) is 5.69 Å². The number of carbonyl (C=O) groups is 2. The monoisotopic (exact) mass is 484 g/mol. The lowest BCUT2D eigenvalue weighted by atomic mass is 9.95. The van der Waals surface area contributed by atoms with Crippen LogP contribution < -0.4 is 30.3 Å². The summed E-state index contributed by atoms with van der Waals surface area (Å²) in [5.74, 6) is -0.151. The molecule has 2 atom stereocenters. The van der Waals surface area contributed by atoms with Crippen molar-refractivity contribution in [2.75, 3.05) is 26.6 Å². The van der Waals surface area contributed by atoms with Crippen molar-refractivity contribution in [1.82, 2.24) is 5.32 Å². The Labute approximate surface area is 204 Å². The van der Waals surface area contributed by atoms with Crippen LogP contribution in [-0.4, -0.2) is 44.4 Å². The number of aliphatic carboxylic acids is 1. The number of hydrogen-bond acceptors (Lipinski definition) is 7. The van der Waals surface area contributed by atoms with E-state index in [9.17, 15) is 19.5 Å². The summed E-state index contributed by atoms with van der Waals surface area (Å²) < 4.78 is 16.9. The number of amides is 1. The van der Waals surface area contributed by atoms with E-state index in [4.69, 9.17) is 14.2 Å². The number of methoxy groups -OCH3 is 3. The van der Waals surface area contributed by atoms with Crippen LogP contribution in [0.25, 0.3) is 11.1 Å². The molecule has 9 heteroatoms. The fourth-order valence-electron chi connectivity index (χ4n) is 4.51. The van der Waals surface area contributed by atoms with E-state index in [0.717, 1.165) is 11.1 Å². The van der Waals surface area contributed by atoms with Gasteiger partial charge in [-0.1, -0.05) is 19.9 Å². The quantitative estimate of drug-likeness (QED) is 0.521. The van der Waals surface area contributed by atoms with Crippen molar-refractivity contribution in [2.45, 2.75) is 45.7 Å². The van der Waals surface area contributed by atoms with Crippen LogP contribution in [-0.2, 0) is 16.0 Å². The third kappa shape index (κ3) is 5.18. The molecule has 0 radical (unpaired) electrons. The number of benzene rings is 1. The predicted octanol–water partition coefficient (Wildman–Crippen LogP) is 3.38. The van der Waals surface area contributed by atoms with Crippen molar-refractivity contribution in [3.8, 4) is 28.4 Å². The molecule has 1 aliphatic carbocycles. The largest absolute Gasteiger partial charge is 0.493 e. The van der Waals surface area contributed by atoms with Crippen LogP contribution >= 0.6 is 0 Å². The van der Waals surface area contributed by atoms with Crippen LogP contribution in [0.15, 0.2) is 29.1 Å². The van der Waals surface area contributed by atoms with Gasteiger partial charge in [-0.3, -0.25) is 9.59 Å². The molecule has 0 aliphatic heterocycles. The van der Waals surface area contributed by atoms with Crippen LogP contribution in [0.2, 0.25) is 0 Å². The van der Waals surface area contributed by atoms with Gasteiger partial charge >= 0.3 is 5.97 Å². The fraction of sp³-hybridized carbons (Fsp3) is 0.423. The smallest absolute Gasteiger partial charge is 0.326 e. The van der Waals surface area contributed by atoms with Gasteiger partial charge < -0.3 is 30.0 Å². The predicted molar refractivity (Wildman–Crippen MR) is 133 cm³/mol. The molecular weight excluding hydrogens is 452 g/mol. The van der Waals surface area contributed by atoms with Gasteiger partial charge in [0.25, 0.3) is 0 Å². The molecule has 0 heterocycles. The average Bonchev–Trinajstić information content (AvgIpc) is 3.04. The van der Waals surface area contributed by atoms with Crippen molar-refractivity contribution >= 4 is 17.6 Å². The van der Waals surface area contributed by atoms with Crippen molar-refractivity contribution in [2.24, 2.45) is 5.92 Å². The lowest BCUT2D eigenvalue weighted by molar-refractivity contribution is -0.138. The molecule has 0 aromatic heterocycles. The number of carboxylic acids is 1. The Morgan fingerprint density at radius 1 is 1.06 bits per heavy atom. The number of nitrogens with one attached hydrogen (secondary N) is 2. The molecule has 0 unspecified atom stereocenters. The van der Waals surface area contributed by atoms with Gasteiger partial charge in [-0.05, 0) is 53.6 Å². The highest BCUT2D eigenvalue weighted by Crippen LogP contribution is 2.50. The van der Waals surface area contributed by atoms with Gasteiger partial charge in [0.2, 0.25) is 17.1 Å². The maximum absolute atomic E-state index is 13.3. The number of carboxylic acid groups (broad SMARTS) is 1. The van der Waals surface area contributed by atoms with Crippen molar-refractivity contribution in [1.29, 1.82) is 0 Å². The average molecular weight is 485 g/mol. The first-order valence-electron chi connectivity index (χ1n) is 11.4. The normalized spacial score (nSPS) is 15.2. The Morgan fingerprint density at radius 3 is 2.29 bits per heavy atom. The fourth-order valence-corrected chi connectivity index (χ4v) is 4.51. The summed E-state index contributed by atoms with van der Waals surface area (Å²) in [6.45, 7) is 4.96. The van der Waals surface area contributed by atoms with Gasteiger partial charge in [0, 0.05) is 12.5 Å². The molecule has 0 spiro atoms. The highest BCUT2D eigenvalue weighted by Gasteiger charge is 2.30. The van der Waals surface area contributed by atoms with E-state index in [0.29, 0.717) is 41.2 Å². The zero-order valence-corrected chi connectivity index (χ0v) is 20.9. The molecule has 0 saturated heterocycles. The molecule has 2 aromatic carbocycles. The molecule has 1 amide bonds. The second-order valence-corrected chi connectivity index (χ2v) is 8.80. The van der Waals surface area contributed by atoms with Crippen molar-refractivity contribution < 1.29 is 28.9 Å². The first kappa shape index (κ1) is 25.9. The zero-order valence-electron chi connectivity index (χ0n) is 20.9. The Hall–Kier alpha value is -3.75. The molecule has 2 aromatic rings. The lowest BCUT2D eigenvalue weighted by Gasteiger charge is -2.19. The molecule has 0 fully saturated rings. The highest BCUT2D eigenvalue weighted by atomic mass is 16.5. The van der Waals surface area contributed by atoms with Crippen LogP contribution in [0, 0.1) is 5.92 Å². The minimum atomic E-state index is -1.05. The number of fused-ring (bicyclic) bond motifs is 3. The summed E-state index contributed by atoms with van der Waals surface area (Å²) in [5.41, 5.74) is 2.70. The number of hydrogen-bond donors (Lipinski definition) is 3. The van der Waals surface area contributed by atoms with E-state index < -0.39 is 18.1 Å². The van der Waals surface area contributed by atoms with E-state index in [-0.39, 0.29) is 22.9 Å². The maximum Gasteiger partial charge on any atom is 0.326 e. The van der Waals surface area contributed by atoms with E-state index in [2.05, 4.69) is 10.6 Å². The van der Waals surface area contributed by atoms with Gasteiger partial charge in [0.15, 0.2) is 11.5 Å². The SMILES string of the molecule is COc1cc2c(c(OC)c1OC)-c1ccc(N[C@H](C(=O)O)C(C)C)c(=O)cc1[C@H](NC(C)=O)CC2. The third-order valence-electron chi connectivity index (χ3n) is 6.16. The summed E-state index contributed by atoms with van der Waals surface area (Å²) in [4.78, 5) is 37.0. The molecule has 188 valence electrons. The lowest BCUT2D eigenvalue weighted by Crippen LogP contribution is -2.35. The van der Waals surface area contributed by atoms with Crippen molar-refractivity contribution in [3.63, 3.8) is 0 Å². The summed E-state index contributed by atoms with van der Waals surface area (Å²) in [7, 11) is 4.59. The molecule has 0 saturated carbocycles. The van der Waals surface area contributed by atoms with Crippen molar-refractivity contribution in [3.05, 3.63) is 45.6 Å². The van der Waals surface area contributed by atoms with Crippen LogP contribution in [0.3, 0.4) is 0 Å². The molecule has 9 nitrogen and oxygen atoms in total. The van der Waals surface area contributed by atoms with Crippen LogP contribution in [0.5, 0.6) is 17.2 Å². The summed E-state index contributed by atoms with van der Waals surface area (Å²) in [6.07, 6.45) is 1.12. The Morgan fingerprint density at radius 2 is 1.74 bits per heavy atom. The second-order valence-electron chi connectivity index (χ2n) is 8.80. The van der Waals surface area contributed by atoms with Gasteiger partial charge in [-0.25, -0.2) is 4.79 Å². The molecule has 3 rings (SSSR count). The Bertz CT molecular complexity index is 1190. The first-order chi connectivity index (χ1) is 16.6. The van der Waals surface area contributed by atoms with E-state index in [1.807, 2.05) is 6.07 Å². The topological polar surface area (TPSA) is 123 Å². The zero-order chi connectivity index (χ0) is 25.9. The number of ether oxygens (including phenoxy) is 3. The third-order valence-corrected chi connectivity index (χ3v) is 6.16. The van der Waals surface area contributed by atoms with Gasteiger partial charge in [0.1, 0.15) is 6.04 Å². The highest BCUT2D eigenvalue weighted by molar-refractivity contribution is 5.84. The molecular formula is C26H32N2O7. The number of rotatable bonds is 8. The van der Waals surface area contributed by atoms with Gasteiger partial charge in [0.05, 0.1) is 33.1 Å². The minimum Gasteiger partial charge on any atom is -0.493 e. The van der Waals surface area contributed by atoms with E-state index >= 15 is 0 Å². The first-order valence-corrected chi connectivity index (χ1v) is 11.4. The number of carbonyl (C=O) groups excluding carboxylic acids is 1. The standard InChI is InChI=1S/C26H32N2O7/c1-13(2)23(26(31)32)28-19-10-8-16-17(12-20(19)30)18(27-14(3)29)9-7-15-11-21(33-4)24(34-5)25(35-6)22(15)16/h8,10-13,18,23H,7,9H2,1-6H3,(H,27,29)(H,28,30)(H,31,32)/t18-,23+/m1/s1. The molecule has 0 bridgehead atoms. The van der Waals surface area contributed by atoms with E-state index in [1.165, 1.54) is 27.2 Å². The number of aryl methyl sites for hydroxylation is 1. The maximum atomic E-state index is 13.3. The van der Waals surface area contributed by atoms with E-state index in [1.54, 1.807) is 33.1 Å². The molecule has 35 heavy (non-hydrogen) atoms. The minimum absolute atomic E-state index is 0.154. The molecule has 1 aliphatic rings. The van der Waals surface area contributed by atoms with Crippen LogP contribution in [0.1, 0.15) is 44.4 Å². The second kappa shape index (κ2) is 10.7. The molecule has 3 N–H and O–H groups in total. The van der Waals surface area contributed by atoms with Gasteiger partial charge in [-0.15, -0.1) is 0 Å². The summed E-state index contributed by atoms with van der Waals surface area (Å²) >= 11 is 0. The summed E-state index contributed by atoms with van der Waals surface area (Å²) in [6, 6.07) is 5.29. The number of anilines is 1. The summed E-state index contributed by atoms with van der Waals surface area (Å²) in [5, 5.41) is 15.4. The Kier molecular flexibility index (Phi) is 7.89. The Balaban J connectivity index is 2.34.